The largest absolute Gasteiger partial charge is 0.480 e. The number of nitrogens with zero attached hydrogens (tertiary/aromatic N) is 2. The number of hydrogen-bond acceptors (Lipinski definition) is 5. The Morgan fingerprint density at radius 3 is 2.58 bits per heavy atom. The highest BCUT2D eigenvalue weighted by atomic mass is 127. The van der Waals surface area contributed by atoms with Gasteiger partial charge in [-0.25, -0.2) is 4.79 Å². The molecule has 0 unspecified atom stereocenters. The number of hydrogen-bond donors (Lipinski definition) is 1. The van der Waals surface area contributed by atoms with E-state index in [1.165, 1.54) is 24.3 Å². The van der Waals surface area contributed by atoms with Crippen LogP contribution in [-0.4, -0.2) is 22.6 Å². The van der Waals surface area contributed by atoms with E-state index in [1.807, 2.05) is 6.07 Å². The maximum Gasteiger partial charge on any atom is 0.341 e. The summed E-state index contributed by atoms with van der Waals surface area (Å²) < 4.78 is 6.73. The minimum atomic E-state index is -1.12. The molecule has 9 heteroatoms. The number of carbonyl (C=O) groups is 1. The van der Waals surface area contributed by atoms with Gasteiger partial charge in [-0.15, -0.1) is 0 Å². The number of carboxylic acids is 1. The SMILES string of the molecule is N#C/C(=C/c1cc(I)cc(Br)c1OCC(=O)O)c1ccc([N+](=O)[O-])cc1. The van der Waals surface area contributed by atoms with E-state index in [9.17, 15) is 20.2 Å². The minimum absolute atomic E-state index is 0.0754. The monoisotopic (exact) mass is 528 g/mol. The molecule has 0 atom stereocenters. The fourth-order valence-electron chi connectivity index (χ4n) is 2.07. The molecule has 0 aliphatic heterocycles. The van der Waals surface area contributed by atoms with E-state index in [1.54, 1.807) is 18.2 Å². The molecule has 26 heavy (non-hydrogen) atoms. The summed E-state index contributed by atoms with van der Waals surface area (Å²) in [5.41, 5.74) is 1.19. The molecular formula is C17H10BrIN2O5. The second-order valence-electron chi connectivity index (χ2n) is 4.96. The fourth-order valence-corrected chi connectivity index (χ4v) is 3.74. The molecule has 0 amide bonds. The number of rotatable bonds is 6. The van der Waals surface area contributed by atoms with Gasteiger partial charge in [0.2, 0.25) is 0 Å². The fraction of sp³-hybridized carbons (Fsp3) is 0.0588. The summed E-state index contributed by atoms with van der Waals surface area (Å²) in [4.78, 5) is 21.0. The summed E-state index contributed by atoms with van der Waals surface area (Å²) in [5.74, 6) is -0.830. The van der Waals surface area contributed by atoms with Crippen LogP contribution in [0.25, 0.3) is 11.6 Å². The number of nitro benzene ring substituents is 1. The molecule has 132 valence electrons. The Kier molecular flexibility index (Phi) is 6.70. The van der Waals surface area contributed by atoms with Gasteiger partial charge in [0.1, 0.15) is 5.75 Å². The Balaban J connectivity index is 2.49. The third kappa shape index (κ3) is 5.03. The lowest BCUT2D eigenvalue weighted by atomic mass is 10.0. The van der Waals surface area contributed by atoms with Gasteiger partial charge in [-0.1, -0.05) is 0 Å². The standard InChI is InChI=1S/C17H10BrIN2O5/c18-15-7-13(19)6-11(17(15)26-9-16(22)23)5-12(8-20)10-1-3-14(4-2-10)21(24)25/h1-7H,9H2,(H,22,23)/b12-5-. The number of allylic oxidation sites excluding steroid dienone is 1. The average Bonchev–Trinajstić information content (AvgIpc) is 2.58. The summed E-state index contributed by atoms with van der Waals surface area (Å²) in [5, 5.41) is 29.0. The van der Waals surface area contributed by atoms with Crippen LogP contribution < -0.4 is 4.74 Å². The number of benzene rings is 2. The summed E-state index contributed by atoms with van der Waals surface area (Å²) >= 11 is 5.42. The summed E-state index contributed by atoms with van der Waals surface area (Å²) in [6.45, 7) is -0.528. The van der Waals surface area contributed by atoms with Gasteiger partial charge in [0.15, 0.2) is 6.61 Å². The molecule has 2 aromatic rings. The van der Waals surface area contributed by atoms with Crippen molar-refractivity contribution in [1.29, 1.82) is 5.26 Å². The Hall–Kier alpha value is -2.45. The molecule has 7 nitrogen and oxygen atoms in total. The smallest absolute Gasteiger partial charge is 0.341 e. The minimum Gasteiger partial charge on any atom is -0.480 e. The molecule has 2 aromatic carbocycles. The Labute approximate surface area is 170 Å². The molecule has 0 saturated carbocycles. The average molecular weight is 529 g/mol. The van der Waals surface area contributed by atoms with Crippen LogP contribution in [0.1, 0.15) is 11.1 Å². The van der Waals surface area contributed by atoms with Crippen LogP contribution in [0.3, 0.4) is 0 Å². The van der Waals surface area contributed by atoms with E-state index in [0.717, 1.165) is 3.57 Å². The van der Waals surface area contributed by atoms with Gasteiger partial charge in [0, 0.05) is 21.3 Å². The zero-order chi connectivity index (χ0) is 19.3. The molecule has 0 fully saturated rings. The van der Waals surface area contributed by atoms with Crippen LogP contribution in [0.5, 0.6) is 5.75 Å². The molecule has 0 aliphatic carbocycles. The number of halogens is 2. The second kappa shape index (κ2) is 8.77. The van der Waals surface area contributed by atoms with Crippen molar-refractivity contribution < 1.29 is 19.6 Å². The topological polar surface area (TPSA) is 113 Å². The molecule has 0 bridgehead atoms. The van der Waals surface area contributed by atoms with Crippen LogP contribution in [-0.2, 0) is 4.79 Å². The predicted molar refractivity (Wildman–Crippen MR) is 107 cm³/mol. The van der Waals surface area contributed by atoms with Crippen molar-refractivity contribution in [1.82, 2.24) is 0 Å². The molecule has 0 spiro atoms. The first-order valence-electron chi connectivity index (χ1n) is 7.02. The lowest BCUT2D eigenvalue weighted by molar-refractivity contribution is -0.384. The predicted octanol–water partition coefficient (Wildman–Crippen LogP) is 4.49. The molecular weight excluding hydrogens is 519 g/mol. The van der Waals surface area contributed by atoms with E-state index in [2.05, 4.69) is 38.5 Å². The van der Waals surface area contributed by atoms with Crippen LogP contribution in [0.15, 0.2) is 40.9 Å². The van der Waals surface area contributed by atoms with Crippen molar-refractivity contribution in [3.8, 4) is 11.8 Å². The van der Waals surface area contributed by atoms with Gasteiger partial charge >= 0.3 is 5.97 Å². The van der Waals surface area contributed by atoms with Crippen molar-refractivity contribution in [2.24, 2.45) is 0 Å². The summed E-state index contributed by atoms with van der Waals surface area (Å²) in [7, 11) is 0. The lowest BCUT2D eigenvalue weighted by Crippen LogP contribution is -2.10. The maximum atomic E-state index is 10.8. The Morgan fingerprint density at radius 2 is 2.04 bits per heavy atom. The number of aliphatic carboxylic acids is 1. The van der Waals surface area contributed by atoms with Gasteiger partial charge in [-0.2, -0.15) is 5.26 Å². The maximum absolute atomic E-state index is 10.8. The first-order chi connectivity index (χ1) is 12.3. The second-order valence-corrected chi connectivity index (χ2v) is 7.06. The van der Waals surface area contributed by atoms with Crippen LogP contribution in [0.4, 0.5) is 5.69 Å². The van der Waals surface area contributed by atoms with Gasteiger partial charge in [0.25, 0.3) is 5.69 Å². The summed E-state index contributed by atoms with van der Waals surface area (Å²) in [6, 6.07) is 11.1. The molecule has 0 radical (unpaired) electrons. The number of non-ortho nitro benzene ring substituents is 1. The Morgan fingerprint density at radius 1 is 1.38 bits per heavy atom. The van der Waals surface area contributed by atoms with Gasteiger partial charge in [-0.3, -0.25) is 10.1 Å². The van der Waals surface area contributed by atoms with Crippen LogP contribution in [0, 0.1) is 25.0 Å². The number of nitro groups is 1. The third-order valence-electron chi connectivity index (χ3n) is 3.19. The highest BCUT2D eigenvalue weighted by Crippen LogP contribution is 2.34. The van der Waals surface area contributed by atoms with E-state index >= 15 is 0 Å². The molecule has 0 saturated heterocycles. The van der Waals surface area contributed by atoms with Gasteiger partial charge < -0.3 is 9.84 Å². The zero-order valence-electron chi connectivity index (χ0n) is 13.0. The molecule has 0 aliphatic rings. The van der Waals surface area contributed by atoms with E-state index in [4.69, 9.17) is 9.84 Å². The van der Waals surface area contributed by atoms with E-state index in [-0.39, 0.29) is 11.3 Å². The number of ether oxygens (including phenoxy) is 1. The highest BCUT2D eigenvalue weighted by molar-refractivity contribution is 14.1. The van der Waals surface area contributed by atoms with Crippen LogP contribution >= 0.6 is 38.5 Å². The quantitative estimate of drug-likeness (QED) is 0.194. The molecule has 2 rings (SSSR count). The molecule has 0 heterocycles. The third-order valence-corrected chi connectivity index (χ3v) is 4.40. The van der Waals surface area contributed by atoms with Crippen molar-refractivity contribution in [3.05, 3.63) is 65.7 Å². The van der Waals surface area contributed by atoms with Crippen LogP contribution in [0.2, 0.25) is 0 Å². The van der Waals surface area contributed by atoms with Crippen molar-refractivity contribution in [2.75, 3.05) is 6.61 Å². The normalized spacial score (nSPS) is 10.9. The van der Waals surface area contributed by atoms with Gasteiger partial charge in [-0.05, 0) is 74.4 Å². The zero-order valence-corrected chi connectivity index (χ0v) is 16.7. The van der Waals surface area contributed by atoms with E-state index < -0.39 is 17.5 Å². The molecule has 1 N–H and O–H groups in total. The first kappa shape index (κ1) is 19.9. The van der Waals surface area contributed by atoms with Crippen molar-refractivity contribution >= 4 is 61.8 Å². The van der Waals surface area contributed by atoms with Crippen molar-refractivity contribution in [3.63, 3.8) is 0 Å². The highest BCUT2D eigenvalue weighted by Gasteiger charge is 2.13. The molecule has 0 aromatic heterocycles. The first-order valence-corrected chi connectivity index (χ1v) is 8.89. The lowest BCUT2D eigenvalue weighted by Gasteiger charge is -2.11. The van der Waals surface area contributed by atoms with Crippen molar-refractivity contribution in [2.45, 2.75) is 0 Å². The van der Waals surface area contributed by atoms with E-state index in [0.29, 0.717) is 21.3 Å². The number of carboxylic acid groups (broad SMARTS) is 1. The summed E-state index contributed by atoms with van der Waals surface area (Å²) in [6.07, 6.45) is 1.55. The van der Waals surface area contributed by atoms with Gasteiger partial charge in [0.05, 0.1) is 21.0 Å². The Bertz CT molecular complexity index is 935. The number of nitriles is 1.